The van der Waals surface area contributed by atoms with Gasteiger partial charge in [0, 0.05) is 12.8 Å². The molecular weight excluding hydrogens is 340 g/mol. The maximum Gasteiger partial charge on any atom is 0.306 e. The second-order valence-electron chi connectivity index (χ2n) is 7.40. The van der Waals surface area contributed by atoms with Crippen LogP contribution in [0.2, 0.25) is 0 Å². The second-order valence-corrected chi connectivity index (χ2v) is 7.40. The summed E-state index contributed by atoms with van der Waals surface area (Å²) >= 11 is 0. The van der Waals surface area contributed by atoms with Gasteiger partial charge in [-0.05, 0) is 59.0 Å². The first-order chi connectivity index (χ1) is 13.0. The SMILES string of the molecule is CCCOC(=O)CCCCCCCCC(=O)OC/C=C(\C)CCC=C(C)C. The minimum atomic E-state index is -0.109. The van der Waals surface area contributed by atoms with Crippen LogP contribution in [0, 0.1) is 0 Å². The van der Waals surface area contributed by atoms with E-state index >= 15 is 0 Å². The number of rotatable bonds is 16. The Morgan fingerprint density at radius 3 is 1.85 bits per heavy atom. The normalized spacial score (nSPS) is 11.2. The summed E-state index contributed by atoms with van der Waals surface area (Å²) in [6.45, 7) is 9.19. The molecule has 0 bridgehead atoms. The summed E-state index contributed by atoms with van der Waals surface area (Å²) in [5.74, 6) is -0.192. The van der Waals surface area contributed by atoms with Crippen molar-refractivity contribution in [2.75, 3.05) is 13.2 Å². The van der Waals surface area contributed by atoms with Crippen LogP contribution >= 0.6 is 0 Å². The van der Waals surface area contributed by atoms with E-state index in [4.69, 9.17) is 9.47 Å². The average molecular weight is 381 g/mol. The van der Waals surface area contributed by atoms with E-state index in [0.717, 1.165) is 57.8 Å². The minimum absolute atomic E-state index is 0.0826. The van der Waals surface area contributed by atoms with Gasteiger partial charge in [0.1, 0.15) is 6.61 Å². The first-order valence-corrected chi connectivity index (χ1v) is 10.6. The van der Waals surface area contributed by atoms with Crippen LogP contribution in [0.25, 0.3) is 0 Å². The van der Waals surface area contributed by atoms with Gasteiger partial charge in [-0.3, -0.25) is 9.59 Å². The van der Waals surface area contributed by atoms with Gasteiger partial charge in [0.2, 0.25) is 0 Å². The van der Waals surface area contributed by atoms with Crippen molar-refractivity contribution in [1.82, 2.24) is 0 Å². The van der Waals surface area contributed by atoms with E-state index < -0.39 is 0 Å². The van der Waals surface area contributed by atoms with Crippen molar-refractivity contribution >= 4 is 11.9 Å². The lowest BCUT2D eigenvalue weighted by atomic mass is 10.1. The molecule has 0 amide bonds. The largest absolute Gasteiger partial charge is 0.466 e. The summed E-state index contributed by atoms with van der Waals surface area (Å²) in [6.07, 6.45) is 14.2. The molecule has 4 nitrogen and oxygen atoms in total. The Kier molecular flexibility index (Phi) is 16.8. The first-order valence-electron chi connectivity index (χ1n) is 10.6. The Balaban J connectivity index is 3.51. The van der Waals surface area contributed by atoms with Gasteiger partial charge in [-0.2, -0.15) is 0 Å². The molecule has 0 radical (unpaired) electrons. The summed E-state index contributed by atoms with van der Waals surface area (Å²) in [5, 5.41) is 0. The predicted octanol–water partition coefficient (Wildman–Crippen LogP) is 6.30. The zero-order chi connectivity index (χ0) is 20.3. The fourth-order valence-corrected chi connectivity index (χ4v) is 2.57. The third-order valence-corrected chi connectivity index (χ3v) is 4.25. The van der Waals surface area contributed by atoms with Gasteiger partial charge in [-0.1, -0.05) is 49.8 Å². The van der Waals surface area contributed by atoms with Crippen molar-refractivity contribution in [3.63, 3.8) is 0 Å². The number of ether oxygens (including phenoxy) is 2. The van der Waals surface area contributed by atoms with Gasteiger partial charge in [-0.15, -0.1) is 0 Å². The predicted molar refractivity (Wildman–Crippen MR) is 112 cm³/mol. The molecule has 0 rings (SSSR count). The molecule has 0 aliphatic heterocycles. The zero-order valence-corrected chi connectivity index (χ0v) is 18.0. The van der Waals surface area contributed by atoms with Crippen LogP contribution in [0.15, 0.2) is 23.3 Å². The van der Waals surface area contributed by atoms with Gasteiger partial charge < -0.3 is 9.47 Å². The Morgan fingerprint density at radius 1 is 0.741 bits per heavy atom. The number of hydrogen-bond donors (Lipinski definition) is 0. The number of carbonyl (C=O) groups excluding carboxylic acids is 2. The Bertz CT molecular complexity index is 459. The molecule has 0 spiro atoms. The molecule has 0 fully saturated rings. The monoisotopic (exact) mass is 380 g/mol. The van der Waals surface area contributed by atoms with E-state index in [9.17, 15) is 9.59 Å². The highest BCUT2D eigenvalue weighted by Gasteiger charge is 2.03. The van der Waals surface area contributed by atoms with E-state index in [1.165, 1.54) is 11.1 Å². The molecule has 0 unspecified atom stereocenters. The molecule has 156 valence electrons. The number of allylic oxidation sites excluding steroid dienone is 3. The maximum absolute atomic E-state index is 11.7. The molecule has 0 aromatic carbocycles. The lowest BCUT2D eigenvalue weighted by Crippen LogP contribution is -2.05. The fourth-order valence-electron chi connectivity index (χ4n) is 2.57. The average Bonchev–Trinajstić information content (AvgIpc) is 2.61. The number of unbranched alkanes of at least 4 members (excludes halogenated alkanes) is 5. The van der Waals surface area contributed by atoms with Crippen LogP contribution in [0.3, 0.4) is 0 Å². The van der Waals surface area contributed by atoms with Crippen LogP contribution in [0.4, 0.5) is 0 Å². The molecule has 0 aromatic heterocycles. The zero-order valence-electron chi connectivity index (χ0n) is 18.0. The Morgan fingerprint density at radius 2 is 1.30 bits per heavy atom. The molecule has 0 aliphatic carbocycles. The van der Waals surface area contributed by atoms with Gasteiger partial charge in [0.15, 0.2) is 0 Å². The molecular formula is C23H40O4. The standard InChI is InChI=1S/C23H40O4/c1-5-18-26-22(24)15-10-8-6-7-9-11-16-23(25)27-19-17-21(4)14-12-13-20(2)3/h13,17H,5-12,14-16,18-19H2,1-4H3/b21-17+. The lowest BCUT2D eigenvalue weighted by Gasteiger charge is -2.04. The molecule has 4 heteroatoms. The molecule has 0 heterocycles. The summed E-state index contributed by atoms with van der Waals surface area (Å²) in [4.78, 5) is 23.1. The number of hydrogen-bond acceptors (Lipinski definition) is 4. The van der Waals surface area contributed by atoms with Gasteiger partial charge in [0.05, 0.1) is 6.61 Å². The summed E-state index contributed by atoms with van der Waals surface area (Å²) in [7, 11) is 0. The van der Waals surface area contributed by atoms with Crippen molar-refractivity contribution in [1.29, 1.82) is 0 Å². The van der Waals surface area contributed by atoms with Gasteiger partial charge in [-0.25, -0.2) is 0 Å². The maximum atomic E-state index is 11.7. The van der Waals surface area contributed by atoms with E-state index in [2.05, 4.69) is 26.8 Å². The van der Waals surface area contributed by atoms with E-state index in [0.29, 0.717) is 26.1 Å². The summed E-state index contributed by atoms with van der Waals surface area (Å²) < 4.78 is 10.3. The van der Waals surface area contributed by atoms with Crippen LogP contribution in [-0.2, 0) is 19.1 Å². The highest BCUT2D eigenvalue weighted by molar-refractivity contribution is 5.69. The molecule has 0 saturated heterocycles. The van der Waals surface area contributed by atoms with Crippen molar-refractivity contribution in [3.8, 4) is 0 Å². The third kappa shape index (κ3) is 19.0. The quantitative estimate of drug-likeness (QED) is 0.179. The topological polar surface area (TPSA) is 52.6 Å². The smallest absolute Gasteiger partial charge is 0.306 e. The first kappa shape index (κ1) is 25.4. The molecule has 0 aromatic rings. The van der Waals surface area contributed by atoms with E-state index in [1.807, 2.05) is 13.0 Å². The highest BCUT2D eigenvalue weighted by atomic mass is 16.5. The fraction of sp³-hybridized carbons (Fsp3) is 0.739. The van der Waals surface area contributed by atoms with E-state index in [1.54, 1.807) is 0 Å². The second kappa shape index (κ2) is 17.8. The van der Waals surface area contributed by atoms with Crippen LogP contribution < -0.4 is 0 Å². The molecule has 0 N–H and O–H groups in total. The van der Waals surface area contributed by atoms with Crippen LogP contribution in [0.1, 0.15) is 98.3 Å². The van der Waals surface area contributed by atoms with Crippen LogP contribution in [0.5, 0.6) is 0 Å². The van der Waals surface area contributed by atoms with Crippen molar-refractivity contribution in [2.45, 2.75) is 98.3 Å². The van der Waals surface area contributed by atoms with Crippen molar-refractivity contribution < 1.29 is 19.1 Å². The summed E-state index contributed by atoms with van der Waals surface area (Å²) in [6, 6.07) is 0. The Labute approximate surface area is 166 Å². The van der Waals surface area contributed by atoms with Crippen LogP contribution in [-0.4, -0.2) is 25.2 Å². The number of carbonyl (C=O) groups is 2. The molecule has 0 saturated carbocycles. The van der Waals surface area contributed by atoms with Crippen molar-refractivity contribution in [2.24, 2.45) is 0 Å². The van der Waals surface area contributed by atoms with E-state index in [-0.39, 0.29) is 11.9 Å². The number of esters is 2. The Hall–Kier alpha value is -1.58. The molecule has 27 heavy (non-hydrogen) atoms. The summed E-state index contributed by atoms with van der Waals surface area (Å²) in [5.41, 5.74) is 2.60. The van der Waals surface area contributed by atoms with Gasteiger partial charge in [0.25, 0.3) is 0 Å². The lowest BCUT2D eigenvalue weighted by molar-refractivity contribution is -0.144. The highest BCUT2D eigenvalue weighted by Crippen LogP contribution is 2.10. The van der Waals surface area contributed by atoms with Crippen molar-refractivity contribution in [3.05, 3.63) is 23.3 Å². The molecule has 0 aliphatic rings. The third-order valence-electron chi connectivity index (χ3n) is 4.25. The molecule has 0 atom stereocenters. The van der Waals surface area contributed by atoms with Gasteiger partial charge >= 0.3 is 11.9 Å². The minimum Gasteiger partial charge on any atom is -0.466 e.